The largest absolute Gasteiger partial charge is 0.493 e. The maximum atomic E-state index is 12.7. The second kappa shape index (κ2) is 7.79. The van der Waals surface area contributed by atoms with Crippen molar-refractivity contribution in [1.29, 1.82) is 0 Å². The van der Waals surface area contributed by atoms with Crippen LogP contribution in [0.1, 0.15) is 19.7 Å². The predicted octanol–water partition coefficient (Wildman–Crippen LogP) is 1.53. The van der Waals surface area contributed by atoms with Crippen LogP contribution >= 0.6 is 0 Å². The summed E-state index contributed by atoms with van der Waals surface area (Å²) in [5.74, 6) is 2.27. The molecule has 9 nitrogen and oxygen atoms in total. The molecule has 0 spiro atoms. The first-order valence-corrected chi connectivity index (χ1v) is 9.00. The van der Waals surface area contributed by atoms with Gasteiger partial charge in [0, 0.05) is 26.2 Å². The fourth-order valence-corrected chi connectivity index (χ4v) is 3.15. The molecule has 2 aromatic heterocycles. The number of hydrogen-bond acceptors (Lipinski definition) is 6. The fourth-order valence-electron chi connectivity index (χ4n) is 3.15. The highest BCUT2D eigenvalue weighted by atomic mass is 16.5. The predicted molar refractivity (Wildman–Crippen MR) is 104 cm³/mol. The molecule has 28 heavy (non-hydrogen) atoms. The van der Waals surface area contributed by atoms with E-state index in [1.807, 2.05) is 6.92 Å². The third-order valence-corrected chi connectivity index (χ3v) is 4.69. The van der Waals surface area contributed by atoms with Crippen molar-refractivity contribution in [2.75, 3.05) is 14.2 Å². The summed E-state index contributed by atoms with van der Waals surface area (Å²) in [5.41, 5.74) is 0.0531. The first kappa shape index (κ1) is 19.5. The van der Waals surface area contributed by atoms with Crippen LogP contribution in [0.5, 0.6) is 17.2 Å². The van der Waals surface area contributed by atoms with E-state index in [4.69, 9.17) is 14.2 Å². The highest BCUT2D eigenvalue weighted by Gasteiger charge is 2.19. The number of fused-ring (bicyclic) bond motifs is 1. The van der Waals surface area contributed by atoms with E-state index < -0.39 is 0 Å². The lowest BCUT2D eigenvalue weighted by Crippen LogP contribution is -2.39. The SMILES string of the molecule is CCn1c(=O)c2c(nc(COc3ccc(OC)c(OC)c3)n2C)n(CC)c1=O. The van der Waals surface area contributed by atoms with E-state index in [1.165, 1.54) is 9.13 Å². The smallest absolute Gasteiger partial charge is 0.332 e. The van der Waals surface area contributed by atoms with Crippen molar-refractivity contribution in [3.63, 3.8) is 0 Å². The Morgan fingerprint density at radius 3 is 2.29 bits per heavy atom. The third kappa shape index (κ3) is 3.12. The molecule has 0 saturated carbocycles. The molecule has 2 heterocycles. The number of benzene rings is 1. The second-order valence-electron chi connectivity index (χ2n) is 6.14. The molecule has 0 unspecified atom stereocenters. The van der Waals surface area contributed by atoms with E-state index in [1.54, 1.807) is 51.0 Å². The molecule has 0 atom stereocenters. The summed E-state index contributed by atoms with van der Waals surface area (Å²) in [7, 11) is 4.86. The van der Waals surface area contributed by atoms with Crippen molar-refractivity contribution in [3.05, 3.63) is 44.9 Å². The normalized spacial score (nSPS) is 11.0. The maximum Gasteiger partial charge on any atom is 0.332 e. The van der Waals surface area contributed by atoms with Gasteiger partial charge in [0.25, 0.3) is 5.56 Å². The molecule has 0 fully saturated rings. The molecular weight excluding hydrogens is 364 g/mol. The Balaban J connectivity index is 2.01. The van der Waals surface area contributed by atoms with Crippen LogP contribution in [-0.4, -0.2) is 32.9 Å². The highest BCUT2D eigenvalue weighted by molar-refractivity contribution is 5.71. The summed E-state index contributed by atoms with van der Waals surface area (Å²) < 4.78 is 20.7. The number of aromatic nitrogens is 4. The van der Waals surface area contributed by atoms with E-state index in [-0.39, 0.29) is 17.9 Å². The van der Waals surface area contributed by atoms with Crippen molar-refractivity contribution >= 4 is 11.2 Å². The quantitative estimate of drug-likeness (QED) is 0.610. The zero-order valence-corrected chi connectivity index (χ0v) is 16.7. The van der Waals surface area contributed by atoms with Gasteiger partial charge in [-0.15, -0.1) is 0 Å². The molecule has 0 aliphatic heterocycles. The lowest BCUT2D eigenvalue weighted by molar-refractivity contribution is 0.288. The summed E-state index contributed by atoms with van der Waals surface area (Å²) in [6, 6.07) is 5.22. The van der Waals surface area contributed by atoms with Crippen LogP contribution in [0.4, 0.5) is 0 Å². The maximum absolute atomic E-state index is 12.7. The molecular formula is C19H24N4O5. The van der Waals surface area contributed by atoms with Gasteiger partial charge in [0.15, 0.2) is 22.7 Å². The number of methoxy groups -OCH3 is 2. The third-order valence-electron chi connectivity index (χ3n) is 4.69. The molecule has 0 aliphatic rings. The van der Waals surface area contributed by atoms with Gasteiger partial charge >= 0.3 is 5.69 Å². The average Bonchev–Trinajstić information content (AvgIpc) is 3.03. The zero-order valence-electron chi connectivity index (χ0n) is 16.7. The van der Waals surface area contributed by atoms with Crippen LogP contribution in [0.25, 0.3) is 11.2 Å². The van der Waals surface area contributed by atoms with Gasteiger partial charge in [-0.25, -0.2) is 9.78 Å². The van der Waals surface area contributed by atoms with Crippen molar-refractivity contribution in [2.24, 2.45) is 7.05 Å². The highest BCUT2D eigenvalue weighted by Crippen LogP contribution is 2.31. The Labute approximate surface area is 161 Å². The molecule has 0 bridgehead atoms. The summed E-state index contributed by atoms with van der Waals surface area (Å²) in [4.78, 5) is 29.7. The van der Waals surface area contributed by atoms with Gasteiger partial charge in [-0.3, -0.25) is 13.9 Å². The summed E-state index contributed by atoms with van der Waals surface area (Å²) in [6.07, 6.45) is 0. The average molecular weight is 388 g/mol. The molecule has 3 aromatic rings. The molecule has 0 aliphatic carbocycles. The van der Waals surface area contributed by atoms with Crippen LogP contribution in [0.3, 0.4) is 0 Å². The Hall–Kier alpha value is -3.23. The minimum atomic E-state index is -0.354. The van der Waals surface area contributed by atoms with E-state index in [0.29, 0.717) is 47.3 Å². The minimum Gasteiger partial charge on any atom is -0.493 e. The van der Waals surface area contributed by atoms with E-state index >= 15 is 0 Å². The Bertz CT molecular complexity index is 1130. The van der Waals surface area contributed by atoms with Crippen LogP contribution in [-0.2, 0) is 26.7 Å². The molecule has 3 rings (SSSR count). The van der Waals surface area contributed by atoms with Crippen molar-refractivity contribution in [2.45, 2.75) is 33.5 Å². The van der Waals surface area contributed by atoms with Crippen LogP contribution in [0, 0.1) is 0 Å². The minimum absolute atomic E-state index is 0.129. The number of imidazole rings is 1. The van der Waals surface area contributed by atoms with Crippen molar-refractivity contribution in [1.82, 2.24) is 18.7 Å². The van der Waals surface area contributed by atoms with Gasteiger partial charge in [-0.1, -0.05) is 0 Å². The lowest BCUT2D eigenvalue weighted by Gasteiger charge is -2.10. The topological polar surface area (TPSA) is 89.5 Å². The zero-order chi connectivity index (χ0) is 20.4. The summed E-state index contributed by atoms with van der Waals surface area (Å²) >= 11 is 0. The molecule has 0 N–H and O–H groups in total. The number of ether oxygens (including phenoxy) is 3. The van der Waals surface area contributed by atoms with Gasteiger partial charge < -0.3 is 18.8 Å². The summed E-state index contributed by atoms with van der Waals surface area (Å²) in [6.45, 7) is 4.47. The fraction of sp³-hybridized carbons (Fsp3) is 0.421. The van der Waals surface area contributed by atoms with Crippen molar-refractivity contribution < 1.29 is 14.2 Å². The van der Waals surface area contributed by atoms with Crippen LogP contribution < -0.4 is 25.5 Å². The molecule has 9 heteroatoms. The van der Waals surface area contributed by atoms with Gasteiger partial charge in [0.2, 0.25) is 0 Å². The Morgan fingerprint density at radius 1 is 1.00 bits per heavy atom. The molecule has 150 valence electrons. The van der Waals surface area contributed by atoms with Gasteiger partial charge in [-0.2, -0.15) is 0 Å². The Kier molecular flexibility index (Phi) is 5.43. The van der Waals surface area contributed by atoms with Gasteiger partial charge in [-0.05, 0) is 26.0 Å². The van der Waals surface area contributed by atoms with Crippen LogP contribution in [0.15, 0.2) is 27.8 Å². The molecule has 0 saturated heterocycles. The lowest BCUT2D eigenvalue weighted by atomic mass is 10.3. The van der Waals surface area contributed by atoms with Gasteiger partial charge in [0.1, 0.15) is 18.2 Å². The number of nitrogens with zero attached hydrogens (tertiary/aromatic N) is 4. The first-order valence-electron chi connectivity index (χ1n) is 9.00. The molecule has 0 radical (unpaired) electrons. The number of hydrogen-bond donors (Lipinski definition) is 0. The number of aryl methyl sites for hydroxylation is 2. The standard InChI is InChI=1S/C19H24N4O5/c1-6-22-17-16(18(24)23(7-2)19(22)25)21(3)15(20-17)11-28-12-8-9-13(26-4)14(10-12)27-5/h8-10H,6-7,11H2,1-5H3. The monoisotopic (exact) mass is 388 g/mol. The molecule has 0 amide bonds. The number of rotatable bonds is 7. The molecule has 1 aromatic carbocycles. The van der Waals surface area contributed by atoms with E-state index in [2.05, 4.69) is 4.98 Å². The van der Waals surface area contributed by atoms with Gasteiger partial charge in [0.05, 0.1) is 14.2 Å². The van der Waals surface area contributed by atoms with E-state index in [9.17, 15) is 9.59 Å². The van der Waals surface area contributed by atoms with E-state index in [0.717, 1.165) is 0 Å². The summed E-state index contributed by atoms with van der Waals surface area (Å²) in [5, 5.41) is 0. The van der Waals surface area contributed by atoms with Crippen molar-refractivity contribution in [3.8, 4) is 17.2 Å². The second-order valence-corrected chi connectivity index (χ2v) is 6.14. The first-order chi connectivity index (χ1) is 13.5. The van der Waals surface area contributed by atoms with Crippen LogP contribution in [0.2, 0.25) is 0 Å². The Morgan fingerprint density at radius 2 is 1.68 bits per heavy atom.